The van der Waals surface area contributed by atoms with Gasteiger partial charge in [-0.25, -0.2) is 4.79 Å². The number of nitrogens with zero attached hydrogens (tertiary/aromatic N) is 3. The van der Waals surface area contributed by atoms with E-state index in [2.05, 4.69) is 0 Å². The second kappa shape index (κ2) is 7.34. The second-order valence-electron chi connectivity index (χ2n) is 4.54. The monoisotopic (exact) mass is 319 g/mol. The Hall–Kier alpha value is -3.97. The average Bonchev–Trinajstić information content (AvgIpc) is 2.61. The van der Waals surface area contributed by atoms with Gasteiger partial charge >= 0.3 is 5.97 Å². The lowest BCUT2D eigenvalue weighted by Gasteiger charge is -2.04. The molecule has 0 spiro atoms. The summed E-state index contributed by atoms with van der Waals surface area (Å²) in [7, 11) is 0. The number of carbonyl (C=O) groups is 1. The number of benzene rings is 2. The molecule has 0 aliphatic rings. The number of non-ortho nitro benzene ring substituents is 1. The molecule has 0 saturated heterocycles. The van der Waals surface area contributed by atoms with E-state index in [1.165, 1.54) is 42.5 Å². The number of nitro benzene ring substituents is 1. The van der Waals surface area contributed by atoms with Crippen molar-refractivity contribution in [3.8, 4) is 17.9 Å². The predicted octanol–water partition coefficient (Wildman–Crippen LogP) is 3.24. The topological polar surface area (TPSA) is 117 Å². The fourth-order valence-electron chi connectivity index (χ4n) is 1.77. The number of nitro groups is 1. The summed E-state index contributed by atoms with van der Waals surface area (Å²) in [5.74, 6) is -0.381. The van der Waals surface area contributed by atoms with E-state index >= 15 is 0 Å². The van der Waals surface area contributed by atoms with Crippen LogP contribution in [0.15, 0.2) is 54.1 Å². The lowest BCUT2D eigenvalue weighted by atomic mass is 10.1. The van der Waals surface area contributed by atoms with Crippen molar-refractivity contribution >= 4 is 17.7 Å². The van der Waals surface area contributed by atoms with Crippen LogP contribution in [-0.4, -0.2) is 10.9 Å². The van der Waals surface area contributed by atoms with Gasteiger partial charge in [0.05, 0.1) is 10.5 Å². The second-order valence-corrected chi connectivity index (χ2v) is 4.54. The summed E-state index contributed by atoms with van der Waals surface area (Å²) in [6.07, 6.45) is 1.40. The number of hydrogen-bond donors (Lipinski definition) is 0. The van der Waals surface area contributed by atoms with E-state index in [-0.39, 0.29) is 22.6 Å². The van der Waals surface area contributed by atoms with E-state index < -0.39 is 10.9 Å². The molecular weight excluding hydrogens is 310 g/mol. The SMILES string of the molecule is N#CC(C#N)=Cc1ccc(OC(=O)c2ccc([N+](=O)[O-])cc2)cc1. The van der Waals surface area contributed by atoms with Gasteiger partial charge in [0.2, 0.25) is 0 Å². The first kappa shape index (κ1) is 16.4. The molecule has 7 nitrogen and oxygen atoms in total. The number of nitriles is 2. The number of carbonyl (C=O) groups excluding carboxylic acids is 1. The van der Waals surface area contributed by atoms with E-state index in [0.29, 0.717) is 5.56 Å². The molecule has 0 N–H and O–H groups in total. The van der Waals surface area contributed by atoms with Crippen molar-refractivity contribution in [3.05, 3.63) is 75.3 Å². The van der Waals surface area contributed by atoms with Gasteiger partial charge in [-0.2, -0.15) is 10.5 Å². The first-order valence-electron chi connectivity index (χ1n) is 6.62. The maximum Gasteiger partial charge on any atom is 0.343 e. The Balaban J connectivity index is 2.10. The number of rotatable bonds is 4. The summed E-state index contributed by atoms with van der Waals surface area (Å²) in [5, 5.41) is 27.9. The van der Waals surface area contributed by atoms with Gasteiger partial charge in [-0.05, 0) is 35.9 Å². The summed E-state index contributed by atoms with van der Waals surface area (Å²) in [6, 6.07) is 14.8. The quantitative estimate of drug-likeness (QED) is 0.281. The minimum Gasteiger partial charge on any atom is -0.423 e. The minimum absolute atomic E-state index is 0.0365. The molecule has 0 unspecified atom stereocenters. The van der Waals surface area contributed by atoms with Crippen LogP contribution >= 0.6 is 0 Å². The third-order valence-electron chi connectivity index (χ3n) is 2.96. The Morgan fingerprint density at radius 2 is 1.62 bits per heavy atom. The molecule has 0 heterocycles. The van der Waals surface area contributed by atoms with E-state index in [4.69, 9.17) is 15.3 Å². The van der Waals surface area contributed by atoms with Gasteiger partial charge < -0.3 is 4.74 Å². The number of esters is 1. The standard InChI is InChI=1S/C17H9N3O4/c18-10-13(11-19)9-12-1-7-16(8-2-12)24-17(21)14-3-5-15(6-4-14)20(22)23/h1-9H. The average molecular weight is 319 g/mol. The van der Waals surface area contributed by atoms with Crippen LogP contribution in [0.2, 0.25) is 0 Å². The van der Waals surface area contributed by atoms with Gasteiger partial charge in [0.15, 0.2) is 0 Å². The maximum atomic E-state index is 12.0. The first-order chi connectivity index (χ1) is 11.5. The highest BCUT2D eigenvalue weighted by Gasteiger charge is 2.11. The van der Waals surface area contributed by atoms with Gasteiger partial charge in [-0.3, -0.25) is 10.1 Å². The highest BCUT2D eigenvalue weighted by atomic mass is 16.6. The Labute approximate surface area is 136 Å². The molecule has 0 atom stereocenters. The fraction of sp³-hybridized carbons (Fsp3) is 0. The molecular formula is C17H9N3O4. The van der Waals surface area contributed by atoms with Crippen molar-refractivity contribution in [2.75, 3.05) is 0 Å². The molecule has 0 saturated carbocycles. The summed E-state index contributed by atoms with van der Waals surface area (Å²) in [4.78, 5) is 22.0. The van der Waals surface area contributed by atoms with Crippen LogP contribution in [0.4, 0.5) is 5.69 Å². The van der Waals surface area contributed by atoms with Crippen LogP contribution in [0.3, 0.4) is 0 Å². The summed E-state index contributed by atoms with van der Waals surface area (Å²) in [6.45, 7) is 0. The van der Waals surface area contributed by atoms with E-state index in [9.17, 15) is 14.9 Å². The van der Waals surface area contributed by atoms with Crippen LogP contribution in [0.1, 0.15) is 15.9 Å². The van der Waals surface area contributed by atoms with E-state index in [1.807, 2.05) is 0 Å². The third kappa shape index (κ3) is 4.03. The summed E-state index contributed by atoms with van der Waals surface area (Å²) < 4.78 is 5.15. The smallest absolute Gasteiger partial charge is 0.343 e. The molecule has 0 fully saturated rings. The molecule has 2 aromatic carbocycles. The van der Waals surface area contributed by atoms with Gasteiger partial charge in [0.25, 0.3) is 5.69 Å². The van der Waals surface area contributed by atoms with Crippen LogP contribution in [-0.2, 0) is 0 Å². The van der Waals surface area contributed by atoms with Gasteiger partial charge in [-0.15, -0.1) is 0 Å². The van der Waals surface area contributed by atoms with Crippen molar-refractivity contribution in [1.82, 2.24) is 0 Å². The normalized spacial score (nSPS) is 9.25. The van der Waals surface area contributed by atoms with E-state index in [0.717, 1.165) is 0 Å². The number of ether oxygens (including phenoxy) is 1. The zero-order chi connectivity index (χ0) is 17.5. The molecule has 0 aliphatic heterocycles. The molecule has 2 aromatic rings. The predicted molar refractivity (Wildman–Crippen MR) is 83.7 cm³/mol. The molecule has 2 rings (SSSR count). The van der Waals surface area contributed by atoms with Crippen molar-refractivity contribution in [1.29, 1.82) is 10.5 Å². The Morgan fingerprint density at radius 1 is 1.04 bits per heavy atom. The zero-order valence-electron chi connectivity index (χ0n) is 12.2. The number of hydrogen-bond acceptors (Lipinski definition) is 6. The summed E-state index contributed by atoms with van der Waals surface area (Å²) >= 11 is 0. The van der Waals surface area contributed by atoms with E-state index in [1.54, 1.807) is 24.3 Å². The van der Waals surface area contributed by atoms with Crippen molar-refractivity contribution < 1.29 is 14.5 Å². The molecule has 116 valence electrons. The van der Waals surface area contributed by atoms with Crippen LogP contribution in [0.25, 0.3) is 6.08 Å². The highest BCUT2D eigenvalue weighted by molar-refractivity contribution is 5.91. The minimum atomic E-state index is -0.650. The Kier molecular flexibility index (Phi) is 5.02. The Morgan fingerprint density at radius 3 is 2.12 bits per heavy atom. The van der Waals surface area contributed by atoms with Crippen LogP contribution in [0.5, 0.6) is 5.75 Å². The number of allylic oxidation sites excluding steroid dienone is 1. The van der Waals surface area contributed by atoms with Crippen LogP contribution < -0.4 is 4.74 Å². The molecule has 0 bridgehead atoms. The maximum absolute atomic E-state index is 12.0. The lowest BCUT2D eigenvalue weighted by Crippen LogP contribution is -2.08. The van der Waals surface area contributed by atoms with Gasteiger partial charge in [0.1, 0.15) is 23.5 Å². The third-order valence-corrected chi connectivity index (χ3v) is 2.96. The van der Waals surface area contributed by atoms with Gasteiger partial charge in [-0.1, -0.05) is 12.1 Å². The fourth-order valence-corrected chi connectivity index (χ4v) is 1.77. The molecule has 24 heavy (non-hydrogen) atoms. The van der Waals surface area contributed by atoms with Gasteiger partial charge in [0, 0.05) is 12.1 Å². The summed E-state index contributed by atoms with van der Waals surface area (Å²) in [5.41, 5.74) is 0.642. The first-order valence-corrected chi connectivity index (χ1v) is 6.62. The molecule has 0 amide bonds. The highest BCUT2D eigenvalue weighted by Crippen LogP contribution is 2.17. The molecule has 0 radical (unpaired) electrons. The zero-order valence-corrected chi connectivity index (χ0v) is 12.2. The van der Waals surface area contributed by atoms with Crippen LogP contribution in [0, 0.1) is 32.8 Å². The van der Waals surface area contributed by atoms with Crippen molar-refractivity contribution in [3.63, 3.8) is 0 Å². The molecule has 0 aliphatic carbocycles. The molecule has 7 heteroatoms. The van der Waals surface area contributed by atoms with Crippen molar-refractivity contribution in [2.24, 2.45) is 0 Å². The van der Waals surface area contributed by atoms with Crippen molar-refractivity contribution in [2.45, 2.75) is 0 Å². The lowest BCUT2D eigenvalue weighted by molar-refractivity contribution is -0.384. The largest absolute Gasteiger partial charge is 0.423 e. The Bertz CT molecular complexity index is 869. The molecule has 0 aromatic heterocycles.